The first-order valence-electron chi connectivity index (χ1n) is 6.73. The minimum atomic E-state index is 0.404. The summed E-state index contributed by atoms with van der Waals surface area (Å²) in [4.78, 5) is 2.14. The van der Waals surface area contributed by atoms with E-state index >= 15 is 0 Å². The van der Waals surface area contributed by atoms with Crippen molar-refractivity contribution in [3.63, 3.8) is 0 Å². The molecule has 0 aliphatic heterocycles. The lowest BCUT2D eigenvalue weighted by atomic mass is 9.68. The first-order chi connectivity index (χ1) is 8.36. The zero-order valence-corrected chi connectivity index (χ0v) is 13.3. The summed E-state index contributed by atoms with van der Waals surface area (Å²) in [7, 11) is 1.82. The van der Waals surface area contributed by atoms with Gasteiger partial charge in [-0.1, -0.05) is 36.7 Å². The van der Waals surface area contributed by atoms with Crippen LogP contribution in [0.1, 0.15) is 45.9 Å². The van der Waals surface area contributed by atoms with Gasteiger partial charge in [0.05, 0.1) is 7.05 Å². The van der Waals surface area contributed by atoms with Crippen molar-refractivity contribution >= 4 is 15.9 Å². The van der Waals surface area contributed by atoms with Gasteiger partial charge in [-0.05, 0) is 41.7 Å². The molecule has 0 amide bonds. The molecule has 0 bridgehead atoms. The summed E-state index contributed by atoms with van der Waals surface area (Å²) in [6, 6.07) is 0. The van der Waals surface area contributed by atoms with Gasteiger partial charge in [0, 0.05) is 11.2 Å². The Balaban J connectivity index is 2.02. The van der Waals surface area contributed by atoms with Crippen LogP contribution in [-0.2, 0) is 13.5 Å². The molecule has 1 aromatic heterocycles. The Labute approximate surface area is 118 Å². The molecule has 18 heavy (non-hydrogen) atoms. The third-order valence-electron chi connectivity index (χ3n) is 4.11. The lowest BCUT2D eigenvalue weighted by molar-refractivity contribution is 0.146. The summed E-state index contributed by atoms with van der Waals surface area (Å²) in [5.74, 6) is 2.31. The summed E-state index contributed by atoms with van der Waals surface area (Å²) in [6.45, 7) is 7.05. The molecule has 3 atom stereocenters. The van der Waals surface area contributed by atoms with Crippen LogP contribution in [0.5, 0.6) is 0 Å². The lowest BCUT2D eigenvalue weighted by Crippen LogP contribution is -2.33. The van der Waals surface area contributed by atoms with Gasteiger partial charge >= 0.3 is 0 Å². The highest BCUT2D eigenvalue weighted by atomic mass is 79.9. The number of halogens is 1. The van der Waals surface area contributed by atoms with Gasteiger partial charge in [0.2, 0.25) is 0 Å². The zero-order chi connectivity index (χ0) is 13.3. The molecular weight excluding hydrogens is 292 g/mol. The molecule has 0 saturated heterocycles. The van der Waals surface area contributed by atoms with Crippen molar-refractivity contribution in [3.8, 4) is 0 Å². The van der Waals surface area contributed by atoms with Gasteiger partial charge in [-0.15, -0.1) is 10.2 Å². The van der Waals surface area contributed by atoms with Crippen LogP contribution < -0.4 is 0 Å². The summed E-state index contributed by atoms with van der Waals surface area (Å²) in [6.07, 6.45) is 4.78. The van der Waals surface area contributed by atoms with E-state index in [0.717, 1.165) is 18.2 Å². The van der Waals surface area contributed by atoms with E-state index in [1.807, 2.05) is 7.05 Å². The number of alkyl halides is 1. The van der Waals surface area contributed by atoms with Crippen LogP contribution in [0.3, 0.4) is 0 Å². The van der Waals surface area contributed by atoms with Gasteiger partial charge in [-0.2, -0.15) is 4.80 Å². The highest BCUT2D eigenvalue weighted by Crippen LogP contribution is 2.43. The molecule has 3 unspecified atom stereocenters. The van der Waals surface area contributed by atoms with Crippen molar-refractivity contribution in [2.75, 3.05) is 0 Å². The van der Waals surface area contributed by atoms with Gasteiger partial charge in [0.1, 0.15) is 0 Å². The van der Waals surface area contributed by atoms with Crippen LogP contribution in [0.25, 0.3) is 0 Å². The fraction of sp³-hybridized carbons (Fsp3) is 0.923. The van der Waals surface area contributed by atoms with Crippen molar-refractivity contribution in [2.24, 2.45) is 24.3 Å². The maximum Gasteiger partial charge on any atom is 0.175 e. The molecule has 0 spiro atoms. The molecule has 1 aliphatic rings. The van der Waals surface area contributed by atoms with Crippen LogP contribution in [0.15, 0.2) is 0 Å². The number of aryl methyl sites for hydroxylation is 1. The van der Waals surface area contributed by atoms with E-state index in [4.69, 9.17) is 0 Å². The third kappa shape index (κ3) is 3.31. The average molecular weight is 315 g/mol. The van der Waals surface area contributed by atoms with E-state index in [1.165, 1.54) is 19.3 Å². The number of rotatable bonds is 2. The molecule has 1 aromatic rings. The quantitative estimate of drug-likeness (QED) is 0.788. The Morgan fingerprint density at radius 3 is 2.61 bits per heavy atom. The van der Waals surface area contributed by atoms with Crippen LogP contribution in [-0.4, -0.2) is 25.0 Å². The number of nitrogens with zero attached hydrogens (tertiary/aromatic N) is 4. The van der Waals surface area contributed by atoms with E-state index in [2.05, 4.69) is 52.1 Å². The normalized spacial score (nSPS) is 29.5. The molecule has 0 radical (unpaired) electrons. The predicted octanol–water partition coefficient (Wildman–Crippen LogP) is 2.98. The van der Waals surface area contributed by atoms with E-state index in [1.54, 1.807) is 4.80 Å². The van der Waals surface area contributed by atoms with Crippen molar-refractivity contribution in [2.45, 2.75) is 51.3 Å². The number of aromatic nitrogens is 4. The Bertz CT molecular complexity index is 396. The molecule has 1 heterocycles. The topological polar surface area (TPSA) is 43.6 Å². The van der Waals surface area contributed by atoms with Crippen molar-refractivity contribution in [1.82, 2.24) is 20.2 Å². The predicted molar refractivity (Wildman–Crippen MR) is 75.5 cm³/mol. The molecule has 1 fully saturated rings. The Kier molecular flexibility index (Phi) is 4.09. The standard InChI is InChI=1S/C13H23BrN4/c1-13(2,3)10-5-6-11(14)9(7-10)8-12-15-17-18(4)16-12/h9-11H,5-8H2,1-4H3. The largest absolute Gasteiger partial charge is 0.175 e. The highest BCUT2D eigenvalue weighted by molar-refractivity contribution is 9.09. The van der Waals surface area contributed by atoms with Gasteiger partial charge in [0.15, 0.2) is 5.82 Å². The van der Waals surface area contributed by atoms with Gasteiger partial charge in [-0.25, -0.2) is 0 Å². The summed E-state index contributed by atoms with van der Waals surface area (Å²) in [5, 5.41) is 12.3. The first-order valence-corrected chi connectivity index (χ1v) is 7.65. The van der Waals surface area contributed by atoms with Gasteiger partial charge < -0.3 is 0 Å². The Morgan fingerprint density at radius 2 is 2.06 bits per heavy atom. The minimum Gasteiger partial charge on any atom is -0.167 e. The maximum atomic E-state index is 4.30. The van der Waals surface area contributed by atoms with Crippen LogP contribution in [0.4, 0.5) is 0 Å². The number of hydrogen-bond donors (Lipinski definition) is 0. The summed E-state index contributed by atoms with van der Waals surface area (Å²) in [5.41, 5.74) is 0.404. The molecule has 102 valence electrons. The summed E-state index contributed by atoms with van der Waals surface area (Å²) < 4.78 is 0. The van der Waals surface area contributed by atoms with Crippen molar-refractivity contribution < 1.29 is 0 Å². The van der Waals surface area contributed by atoms with Crippen LogP contribution >= 0.6 is 15.9 Å². The second-order valence-corrected chi connectivity index (χ2v) is 7.73. The number of tetrazole rings is 1. The van der Waals surface area contributed by atoms with E-state index < -0.39 is 0 Å². The molecule has 1 aliphatic carbocycles. The SMILES string of the molecule is Cn1nnc(CC2CC(C(C)(C)C)CCC2Br)n1. The van der Waals surface area contributed by atoms with Crippen LogP contribution in [0.2, 0.25) is 0 Å². The van der Waals surface area contributed by atoms with E-state index in [-0.39, 0.29) is 0 Å². The fourth-order valence-electron chi connectivity index (χ4n) is 2.86. The minimum absolute atomic E-state index is 0.404. The van der Waals surface area contributed by atoms with Crippen LogP contribution in [0, 0.1) is 17.3 Å². The van der Waals surface area contributed by atoms with E-state index in [0.29, 0.717) is 16.2 Å². The zero-order valence-electron chi connectivity index (χ0n) is 11.7. The average Bonchev–Trinajstić information content (AvgIpc) is 2.66. The lowest BCUT2D eigenvalue weighted by Gasteiger charge is -2.39. The molecule has 1 saturated carbocycles. The molecular formula is C13H23BrN4. The van der Waals surface area contributed by atoms with Gasteiger partial charge in [0.25, 0.3) is 0 Å². The number of hydrogen-bond acceptors (Lipinski definition) is 3. The highest BCUT2D eigenvalue weighted by Gasteiger charge is 2.35. The first kappa shape index (κ1) is 14.0. The second kappa shape index (κ2) is 5.27. The molecule has 4 nitrogen and oxygen atoms in total. The second-order valence-electron chi connectivity index (χ2n) is 6.55. The Morgan fingerprint density at radius 1 is 1.33 bits per heavy atom. The maximum absolute atomic E-state index is 4.30. The molecule has 0 aromatic carbocycles. The fourth-order valence-corrected chi connectivity index (χ4v) is 3.53. The van der Waals surface area contributed by atoms with Gasteiger partial charge in [-0.3, -0.25) is 0 Å². The van der Waals surface area contributed by atoms with Crippen molar-refractivity contribution in [1.29, 1.82) is 0 Å². The summed E-state index contributed by atoms with van der Waals surface area (Å²) >= 11 is 3.83. The molecule has 5 heteroatoms. The molecule has 2 rings (SSSR count). The van der Waals surface area contributed by atoms with E-state index in [9.17, 15) is 0 Å². The smallest absolute Gasteiger partial charge is 0.167 e. The molecule has 0 N–H and O–H groups in total. The third-order valence-corrected chi connectivity index (χ3v) is 5.31. The monoisotopic (exact) mass is 314 g/mol. The van der Waals surface area contributed by atoms with Crippen molar-refractivity contribution in [3.05, 3.63) is 5.82 Å². The Hall–Kier alpha value is -0.450.